The average Bonchev–Trinajstić information content (AvgIpc) is 2.93. The number of hydrogen-bond donors (Lipinski definition) is 1. The molecule has 1 aliphatic rings. The summed E-state index contributed by atoms with van der Waals surface area (Å²) in [5, 5.41) is 2.60. The fourth-order valence-corrected chi connectivity index (χ4v) is 2.97. The topological polar surface area (TPSA) is 49.4 Å². The maximum Gasteiger partial charge on any atom is 0.229 e. The van der Waals surface area contributed by atoms with Crippen LogP contribution in [0.1, 0.15) is 23.1 Å². The van der Waals surface area contributed by atoms with Gasteiger partial charge in [0, 0.05) is 19.5 Å². The number of hydrogen-bond acceptors (Lipinski definition) is 2. The molecule has 2 amide bonds. The van der Waals surface area contributed by atoms with E-state index in [-0.39, 0.29) is 23.9 Å². The Hall–Kier alpha value is -2.69. The number of nitrogens with zero attached hydrogens (tertiary/aromatic N) is 1. The zero-order valence-electron chi connectivity index (χ0n) is 14.4. The van der Waals surface area contributed by atoms with E-state index >= 15 is 0 Å². The quantitative estimate of drug-likeness (QED) is 0.927. The highest BCUT2D eigenvalue weighted by atomic mass is 19.1. The monoisotopic (exact) mass is 340 g/mol. The van der Waals surface area contributed by atoms with Crippen molar-refractivity contribution >= 4 is 17.5 Å². The minimum absolute atomic E-state index is 0.0508. The molecule has 1 heterocycles. The Kier molecular flexibility index (Phi) is 4.83. The summed E-state index contributed by atoms with van der Waals surface area (Å²) in [5.74, 6) is -1.29. The van der Waals surface area contributed by atoms with E-state index in [0.29, 0.717) is 13.1 Å². The van der Waals surface area contributed by atoms with Crippen LogP contribution in [0.4, 0.5) is 10.1 Å². The lowest BCUT2D eigenvalue weighted by Crippen LogP contribution is -2.28. The van der Waals surface area contributed by atoms with Crippen molar-refractivity contribution < 1.29 is 14.0 Å². The van der Waals surface area contributed by atoms with Crippen molar-refractivity contribution in [3.8, 4) is 0 Å². The largest absolute Gasteiger partial charge is 0.338 e. The van der Waals surface area contributed by atoms with Crippen LogP contribution in [0.3, 0.4) is 0 Å². The fourth-order valence-electron chi connectivity index (χ4n) is 2.97. The predicted octanol–water partition coefficient (Wildman–Crippen LogP) is 3.43. The van der Waals surface area contributed by atoms with Gasteiger partial charge in [-0.3, -0.25) is 9.59 Å². The van der Waals surface area contributed by atoms with Gasteiger partial charge in [0.05, 0.1) is 11.6 Å². The van der Waals surface area contributed by atoms with Crippen LogP contribution in [0.2, 0.25) is 0 Å². The van der Waals surface area contributed by atoms with Crippen LogP contribution in [-0.2, 0) is 16.1 Å². The SMILES string of the molecule is Cc1ccc(CN2CC(C(=O)Nc3ccc(C)cc3F)CC2=O)cc1. The number of halogens is 1. The molecule has 0 radical (unpaired) electrons. The van der Waals surface area contributed by atoms with E-state index in [9.17, 15) is 14.0 Å². The molecule has 1 fully saturated rings. The van der Waals surface area contributed by atoms with E-state index in [1.165, 1.54) is 6.07 Å². The summed E-state index contributed by atoms with van der Waals surface area (Å²) in [4.78, 5) is 26.3. The third-order valence-electron chi connectivity index (χ3n) is 4.46. The summed E-state index contributed by atoms with van der Waals surface area (Å²) in [6.45, 7) is 4.64. The van der Waals surface area contributed by atoms with Crippen molar-refractivity contribution in [1.82, 2.24) is 4.90 Å². The van der Waals surface area contributed by atoms with Crippen LogP contribution in [0.5, 0.6) is 0 Å². The third-order valence-corrected chi connectivity index (χ3v) is 4.46. The lowest BCUT2D eigenvalue weighted by Gasteiger charge is -2.17. The molecule has 1 unspecified atom stereocenters. The van der Waals surface area contributed by atoms with Gasteiger partial charge in [0.1, 0.15) is 5.82 Å². The van der Waals surface area contributed by atoms with Gasteiger partial charge in [0.15, 0.2) is 0 Å². The minimum Gasteiger partial charge on any atom is -0.338 e. The summed E-state index contributed by atoms with van der Waals surface area (Å²) in [5.41, 5.74) is 3.13. The molecular formula is C20H21FN2O2. The molecular weight excluding hydrogens is 319 g/mol. The number of amides is 2. The molecule has 25 heavy (non-hydrogen) atoms. The highest BCUT2D eigenvalue weighted by molar-refractivity contribution is 5.97. The Morgan fingerprint density at radius 1 is 1.16 bits per heavy atom. The van der Waals surface area contributed by atoms with Crippen molar-refractivity contribution in [1.29, 1.82) is 0 Å². The summed E-state index contributed by atoms with van der Waals surface area (Å²) < 4.78 is 13.9. The van der Waals surface area contributed by atoms with Crippen molar-refractivity contribution in [3.05, 3.63) is 65.0 Å². The number of anilines is 1. The van der Waals surface area contributed by atoms with E-state index < -0.39 is 11.7 Å². The molecule has 4 nitrogen and oxygen atoms in total. The Labute approximate surface area is 146 Å². The lowest BCUT2D eigenvalue weighted by atomic mass is 10.1. The van der Waals surface area contributed by atoms with Gasteiger partial charge >= 0.3 is 0 Å². The molecule has 0 spiro atoms. The lowest BCUT2D eigenvalue weighted by molar-refractivity contribution is -0.128. The molecule has 0 saturated carbocycles. The fraction of sp³-hybridized carbons (Fsp3) is 0.300. The molecule has 5 heteroatoms. The smallest absolute Gasteiger partial charge is 0.229 e. The second-order valence-electron chi connectivity index (χ2n) is 6.63. The highest BCUT2D eigenvalue weighted by Crippen LogP contribution is 2.23. The molecule has 2 aromatic rings. The molecule has 3 rings (SSSR count). The number of carbonyl (C=O) groups is 2. The first-order chi connectivity index (χ1) is 11.9. The van der Waals surface area contributed by atoms with Gasteiger partial charge in [-0.05, 0) is 37.1 Å². The first-order valence-electron chi connectivity index (χ1n) is 8.32. The van der Waals surface area contributed by atoms with Crippen LogP contribution in [0.15, 0.2) is 42.5 Å². The zero-order valence-corrected chi connectivity index (χ0v) is 14.4. The van der Waals surface area contributed by atoms with Crippen LogP contribution in [0, 0.1) is 25.6 Å². The minimum atomic E-state index is -0.464. The molecule has 0 aromatic heterocycles. The van der Waals surface area contributed by atoms with Gasteiger partial charge in [0.25, 0.3) is 0 Å². The van der Waals surface area contributed by atoms with Crippen molar-refractivity contribution in [2.24, 2.45) is 5.92 Å². The standard InChI is InChI=1S/C20H21FN2O2/c1-13-3-6-15(7-4-13)11-23-12-16(10-19(23)24)20(25)22-18-8-5-14(2)9-17(18)21/h3-9,16H,10-12H2,1-2H3,(H,22,25). The maximum absolute atomic E-state index is 13.9. The van der Waals surface area contributed by atoms with Gasteiger partial charge in [-0.15, -0.1) is 0 Å². The van der Waals surface area contributed by atoms with Crippen LogP contribution >= 0.6 is 0 Å². The average molecular weight is 340 g/mol. The van der Waals surface area contributed by atoms with Gasteiger partial charge in [-0.2, -0.15) is 0 Å². The van der Waals surface area contributed by atoms with E-state index in [1.807, 2.05) is 31.2 Å². The zero-order chi connectivity index (χ0) is 18.0. The van der Waals surface area contributed by atoms with Crippen LogP contribution < -0.4 is 5.32 Å². The van der Waals surface area contributed by atoms with Gasteiger partial charge in [-0.1, -0.05) is 35.9 Å². The third kappa shape index (κ3) is 4.05. The Morgan fingerprint density at radius 3 is 2.52 bits per heavy atom. The number of carbonyl (C=O) groups excluding carboxylic acids is 2. The molecule has 130 valence electrons. The molecule has 0 aliphatic carbocycles. The van der Waals surface area contributed by atoms with Crippen molar-refractivity contribution in [2.75, 3.05) is 11.9 Å². The Morgan fingerprint density at radius 2 is 1.84 bits per heavy atom. The van der Waals surface area contributed by atoms with Crippen molar-refractivity contribution in [2.45, 2.75) is 26.8 Å². The molecule has 1 aliphatic heterocycles. The summed E-state index contributed by atoms with van der Waals surface area (Å²) in [6, 6.07) is 12.6. The summed E-state index contributed by atoms with van der Waals surface area (Å²) in [6.07, 6.45) is 0.158. The van der Waals surface area contributed by atoms with E-state index in [4.69, 9.17) is 0 Å². The highest BCUT2D eigenvalue weighted by Gasteiger charge is 2.34. The number of nitrogens with one attached hydrogen (secondary N) is 1. The molecule has 1 saturated heterocycles. The van der Waals surface area contributed by atoms with Gasteiger partial charge < -0.3 is 10.2 Å². The van der Waals surface area contributed by atoms with Gasteiger partial charge in [-0.25, -0.2) is 4.39 Å². The molecule has 2 aromatic carbocycles. The summed E-state index contributed by atoms with van der Waals surface area (Å²) >= 11 is 0. The number of likely N-dealkylation sites (tertiary alicyclic amines) is 1. The van der Waals surface area contributed by atoms with E-state index in [0.717, 1.165) is 16.7 Å². The van der Waals surface area contributed by atoms with Crippen LogP contribution in [-0.4, -0.2) is 23.3 Å². The Balaban J connectivity index is 1.63. The second kappa shape index (κ2) is 7.05. The maximum atomic E-state index is 13.9. The predicted molar refractivity (Wildman–Crippen MR) is 94.5 cm³/mol. The Bertz CT molecular complexity index is 802. The molecule has 1 N–H and O–H groups in total. The molecule has 0 bridgehead atoms. The molecule has 1 atom stereocenters. The van der Waals surface area contributed by atoms with Gasteiger partial charge in [0.2, 0.25) is 11.8 Å². The van der Waals surface area contributed by atoms with Crippen LogP contribution in [0.25, 0.3) is 0 Å². The number of aryl methyl sites for hydroxylation is 2. The first-order valence-corrected chi connectivity index (χ1v) is 8.32. The van der Waals surface area contributed by atoms with Crippen molar-refractivity contribution in [3.63, 3.8) is 0 Å². The van der Waals surface area contributed by atoms with E-state index in [2.05, 4.69) is 5.32 Å². The first kappa shape index (κ1) is 17.1. The normalized spacial score (nSPS) is 17.0. The number of benzene rings is 2. The second-order valence-corrected chi connectivity index (χ2v) is 6.63. The summed E-state index contributed by atoms with van der Waals surface area (Å²) in [7, 11) is 0. The number of rotatable bonds is 4. The van der Waals surface area contributed by atoms with E-state index in [1.54, 1.807) is 24.0 Å².